The van der Waals surface area contributed by atoms with Gasteiger partial charge in [0.15, 0.2) is 0 Å². The van der Waals surface area contributed by atoms with E-state index >= 15 is 0 Å². The number of sulfonamides is 1. The number of methoxy groups -OCH3 is 1. The lowest BCUT2D eigenvalue weighted by molar-refractivity contribution is 0.0179. The van der Waals surface area contributed by atoms with Crippen molar-refractivity contribution in [3.8, 4) is 0 Å². The Morgan fingerprint density at radius 1 is 1.47 bits per heavy atom. The highest BCUT2D eigenvalue weighted by molar-refractivity contribution is 7.99. The van der Waals surface area contributed by atoms with Gasteiger partial charge >= 0.3 is 0 Å². The third-order valence-electron chi connectivity index (χ3n) is 3.21. The lowest BCUT2D eigenvalue weighted by atomic mass is 10.0. The van der Waals surface area contributed by atoms with Gasteiger partial charge in [0.1, 0.15) is 4.90 Å². The Morgan fingerprint density at radius 3 is 2.79 bits per heavy atom. The quantitative estimate of drug-likeness (QED) is 0.902. The fourth-order valence-corrected chi connectivity index (χ4v) is 4.96. The molecule has 1 fully saturated rings. The summed E-state index contributed by atoms with van der Waals surface area (Å²) in [6, 6.07) is 6.41. The minimum absolute atomic E-state index is 0.105. The van der Waals surface area contributed by atoms with Crippen LogP contribution in [0.1, 0.15) is 6.42 Å². The van der Waals surface area contributed by atoms with Crippen molar-refractivity contribution in [2.75, 3.05) is 25.2 Å². The van der Waals surface area contributed by atoms with Crippen LogP contribution in [0.3, 0.4) is 0 Å². The minimum Gasteiger partial charge on any atom is -0.376 e. The number of nitrogens with one attached hydrogen (secondary N) is 1. The Hall–Kier alpha value is -0.270. The summed E-state index contributed by atoms with van der Waals surface area (Å²) in [7, 11) is -1.98. The molecule has 0 aliphatic carbocycles. The molecule has 1 aliphatic heterocycles. The van der Waals surface area contributed by atoms with E-state index in [2.05, 4.69) is 4.72 Å². The highest BCUT2D eigenvalue weighted by Crippen LogP contribution is 2.31. The van der Waals surface area contributed by atoms with E-state index in [1.54, 1.807) is 37.1 Å². The first-order valence-corrected chi connectivity index (χ1v) is 8.88. The summed E-state index contributed by atoms with van der Waals surface area (Å²) in [6.45, 7) is 0.268. The maximum atomic E-state index is 12.2. The van der Waals surface area contributed by atoms with E-state index in [0.29, 0.717) is 0 Å². The fourth-order valence-electron chi connectivity index (χ4n) is 1.93. The largest absolute Gasteiger partial charge is 0.376 e. The summed E-state index contributed by atoms with van der Waals surface area (Å²) in [5, 5.41) is 0.224. The highest BCUT2D eigenvalue weighted by Gasteiger charge is 2.35. The van der Waals surface area contributed by atoms with Gasteiger partial charge in [0.25, 0.3) is 0 Å². The highest BCUT2D eigenvalue weighted by atomic mass is 35.5. The average Bonchev–Trinajstić information content (AvgIpc) is 2.86. The number of halogens is 1. The monoisotopic (exact) mass is 321 g/mol. The third kappa shape index (κ3) is 3.44. The van der Waals surface area contributed by atoms with Gasteiger partial charge in [0.05, 0.1) is 10.6 Å². The van der Waals surface area contributed by atoms with E-state index in [0.717, 1.165) is 17.9 Å². The number of thioether (sulfide) groups is 1. The molecule has 0 bridgehead atoms. The molecule has 4 nitrogen and oxygen atoms in total. The molecule has 19 heavy (non-hydrogen) atoms. The van der Waals surface area contributed by atoms with Crippen LogP contribution in [0.25, 0.3) is 0 Å². The Kier molecular flexibility index (Phi) is 4.79. The first-order valence-electron chi connectivity index (χ1n) is 5.86. The van der Waals surface area contributed by atoms with Crippen molar-refractivity contribution in [3.05, 3.63) is 29.3 Å². The van der Waals surface area contributed by atoms with Gasteiger partial charge in [-0.2, -0.15) is 11.8 Å². The van der Waals surface area contributed by atoms with E-state index in [9.17, 15) is 8.42 Å². The number of hydrogen-bond acceptors (Lipinski definition) is 4. The van der Waals surface area contributed by atoms with Crippen LogP contribution >= 0.6 is 23.4 Å². The molecule has 1 aromatic rings. The second-order valence-electron chi connectivity index (χ2n) is 4.44. The number of ether oxygens (including phenoxy) is 1. The van der Waals surface area contributed by atoms with E-state index in [1.165, 1.54) is 6.07 Å². The number of benzene rings is 1. The molecular formula is C12H16ClNO3S2. The normalized spacial score (nSPS) is 23.7. The topological polar surface area (TPSA) is 55.4 Å². The van der Waals surface area contributed by atoms with Crippen LogP contribution in [-0.4, -0.2) is 39.2 Å². The molecule has 2 rings (SSSR count). The van der Waals surface area contributed by atoms with Crippen molar-refractivity contribution in [2.45, 2.75) is 16.9 Å². The van der Waals surface area contributed by atoms with Gasteiger partial charge < -0.3 is 4.74 Å². The Labute approximate surface area is 122 Å². The molecule has 7 heteroatoms. The van der Waals surface area contributed by atoms with E-state index in [4.69, 9.17) is 16.3 Å². The second kappa shape index (κ2) is 6.01. The van der Waals surface area contributed by atoms with Crippen molar-refractivity contribution in [1.29, 1.82) is 0 Å². The van der Waals surface area contributed by atoms with E-state index < -0.39 is 15.6 Å². The molecule has 1 heterocycles. The smallest absolute Gasteiger partial charge is 0.242 e. The van der Waals surface area contributed by atoms with Crippen LogP contribution in [-0.2, 0) is 14.8 Å². The fraction of sp³-hybridized carbons (Fsp3) is 0.500. The summed E-state index contributed by atoms with van der Waals surface area (Å²) in [4.78, 5) is 0.105. The van der Waals surface area contributed by atoms with Crippen molar-refractivity contribution in [3.63, 3.8) is 0 Å². The second-order valence-corrected chi connectivity index (χ2v) is 7.69. The van der Waals surface area contributed by atoms with Gasteiger partial charge in [-0.3, -0.25) is 0 Å². The van der Waals surface area contributed by atoms with Crippen molar-refractivity contribution in [2.24, 2.45) is 0 Å². The van der Waals surface area contributed by atoms with Crippen LogP contribution in [0.2, 0.25) is 5.02 Å². The van der Waals surface area contributed by atoms with Crippen LogP contribution in [0.15, 0.2) is 29.2 Å². The molecule has 0 unspecified atom stereocenters. The molecule has 0 saturated carbocycles. The van der Waals surface area contributed by atoms with E-state index in [1.807, 2.05) is 0 Å². The summed E-state index contributed by atoms with van der Waals surface area (Å²) in [6.07, 6.45) is 0.846. The zero-order chi connectivity index (χ0) is 13.9. The zero-order valence-electron chi connectivity index (χ0n) is 10.6. The van der Waals surface area contributed by atoms with Gasteiger partial charge in [-0.1, -0.05) is 23.7 Å². The third-order valence-corrected chi connectivity index (χ3v) is 6.33. The number of rotatable bonds is 5. The van der Waals surface area contributed by atoms with Crippen molar-refractivity contribution < 1.29 is 13.2 Å². The van der Waals surface area contributed by atoms with Crippen LogP contribution in [0, 0.1) is 0 Å². The van der Waals surface area contributed by atoms with Crippen molar-refractivity contribution in [1.82, 2.24) is 4.72 Å². The molecule has 1 atom stereocenters. The molecular weight excluding hydrogens is 306 g/mol. The molecule has 106 valence electrons. The van der Waals surface area contributed by atoms with E-state index in [-0.39, 0.29) is 16.5 Å². The van der Waals surface area contributed by atoms with Crippen molar-refractivity contribution >= 4 is 33.4 Å². The van der Waals surface area contributed by atoms with Gasteiger partial charge in [-0.15, -0.1) is 0 Å². The minimum atomic E-state index is -3.60. The lowest BCUT2D eigenvalue weighted by Gasteiger charge is -2.26. The van der Waals surface area contributed by atoms with Crippen LogP contribution in [0.4, 0.5) is 0 Å². The zero-order valence-corrected chi connectivity index (χ0v) is 12.9. The van der Waals surface area contributed by atoms with Crippen LogP contribution < -0.4 is 4.72 Å². The summed E-state index contributed by atoms with van der Waals surface area (Å²) >= 11 is 7.69. The average molecular weight is 322 g/mol. The molecule has 0 amide bonds. The summed E-state index contributed by atoms with van der Waals surface area (Å²) in [5.41, 5.74) is -0.404. The molecule has 1 saturated heterocycles. The Bertz CT molecular complexity index is 542. The predicted octanol–water partition coefficient (Wildman–Crippen LogP) is 2.14. The van der Waals surface area contributed by atoms with Gasteiger partial charge in [0, 0.05) is 19.4 Å². The molecule has 0 radical (unpaired) electrons. The van der Waals surface area contributed by atoms with Gasteiger partial charge in [-0.05, 0) is 24.3 Å². The maximum Gasteiger partial charge on any atom is 0.242 e. The molecule has 1 N–H and O–H groups in total. The SMILES string of the molecule is CO[C@]1(CNS(=O)(=O)c2ccccc2Cl)CCSC1. The first kappa shape index (κ1) is 15.1. The number of hydrogen-bond donors (Lipinski definition) is 1. The molecule has 0 aromatic heterocycles. The predicted molar refractivity (Wildman–Crippen MR) is 78.3 cm³/mol. The van der Waals surface area contributed by atoms with Gasteiger partial charge in [0.2, 0.25) is 10.0 Å². The Morgan fingerprint density at radius 2 is 2.21 bits per heavy atom. The molecule has 0 spiro atoms. The molecule has 1 aliphatic rings. The lowest BCUT2D eigenvalue weighted by Crippen LogP contribution is -2.44. The maximum absolute atomic E-state index is 12.2. The molecule has 1 aromatic carbocycles. The van der Waals surface area contributed by atoms with Crippen LogP contribution in [0.5, 0.6) is 0 Å². The first-order chi connectivity index (χ1) is 8.99. The standard InChI is InChI=1S/C12H16ClNO3S2/c1-17-12(6-7-18-9-12)8-14-19(15,16)11-5-3-2-4-10(11)13/h2-5,14H,6-9H2,1H3/t12-/m0/s1. The summed E-state index contributed by atoms with van der Waals surface area (Å²) < 4.78 is 32.5. The van der Waals surface area contributed by atoms with Gasteiger partial charge in [-0.25, -0.2) is 13.1 Å². The summed E-state index contributed by atoms with van der Waals surface area (Å²) in [5.74, 6) is 1.79. The Balaban J connectivity index is 2.12.